The Labute approximate surface area is 191 Å². The van der Waals surface area contributed by atoms with E-state index in [0.29, 0.717) is 11.3 Å². The minimum atomic E-state index is -0.391. The van der Waals surface area contributed by atoms with E-state index in [1.165, 1.54) is 56.9 Å². The average molecular weight is 427 g/mol. The Kier molecular flexibility index (Phi) is 6.34. The fourth-order valence-corrected chi connectivity index (χ4v) is 9.01. The summed E-state index contributed by atoms with van der Waals surface area (Å²) in [6.45, 7) is 13.9. The molecule has 3 saturated carbocycles. The number of Topliss-reactive ketones (excluding diaryl/α,β-unsaturated/α-hetero) is 1. The van der Waals surface area contributed by atoms with Crippen LogP contribution in [-0.4, -0.2) is 11.6 Å². The molecule has 0 aromatic rings. The van der Waals surface area contributed by atoms with Gasteiger partial charge >= 0.3 is 0 Å². The molecule has 31 heavy (non-hydrogen) atoms. The van der Waals surface area contributed by atoms with E-state index in [9.17, 15) is 9.59 Å². The van der Waals surface area contributed by atoms with Crippen LogP contribution in [0.15, 0.2) is 11.6 Å². The lowest BCUT2D eigenvalue weighted by molar-refractivity contribution is -0.133. The maximum atomic E-state index is 12.6. The highest BCUT2D eigenvalue weighted by atomic mass is 16.1. The van der Waals surface area contributed by atoms with Crippen molar-refractivity contribution >= 4 is 11.6 Å². The zero-order valence-electron chi connectivity index (χ0n) is 21.0. The van der Waals surface area contributed by atoms with Gasteiger partial charge in [-0.3, -0.25) is 9.59 Å². The molecule has 0 saturated heterocycles. The second-order valence-corrected chi connectivity index (χ2v) is 12.8. The topological polar surface area (TPSA) is 34.1 Å². The van der Waals surface area contributed by atoms with Crippen LogP contribution in [0.2, 0.25) is 0 Å². The molecule has 0 radical (unpaired) electrons. The summed E-state index contributed by atoms with van der Waals surface area (Å²) in [4.78, 5) is 24.8. The van der Waals surface area contributed by atoms with Crippen molar-refractivity contribution < 1.29 is 9.59 Å². The van der Waals surface area contributed by atoms with E-state index in [0.717, 1.165) is 42.4 Å². The molecule has 0 aromatic heterocycles. The van der Waals surface area contributed by atoms with Gasteiger partial charge in [0.1, 0.15) is 5.78 Å². The lowest BCUT2D eigenvalue weighted by atomic mass is 9.45. The van der Waals surface area contributed by atoms with Gasteiger partial charge in [0.25, 0.3) is 0 Å². The van der Waals surface area contributed by atoms with E-state index >= 15 is 0 Å². The molecule has 0 bridgehead atoms. The van der Waals surface area contributed by atoms with Gasteiger partial charge in [-0.2, -0.15) is 0 Å². The Bertz CT molecular complexity index is 748. The van der Waals surface area contributed by atoms with Crippen LogP contribution in [0.4, 0.5) is 0 Å². The van der Waals surface area contributed by atoms with E-state index in [1.807, 2.05) is 6.08 Å². The normalized spacial score (nSPS) is 43.1. The molecule has 0 N–H and O–H groups in total. The largest absolute Gasteiger partial charge is 0.299 e. The molecular weight excluding hydrogens is 380 g/mol. The Balaban J connectivity index is 1.52. The summed E-state index contributed by atoms with van der Waals surface area (Å²) in [6.07, 6.45) is 14.6. The zero-order valence-corrected chi connectivity index (χ0v) is 21.0. The van der Waals surface area contributed by atoms with Crippen molar-refractivity contribution in [2.45, 2.75) is 106 Å². The lowest BCUT2D eigenvalue weighted by Gasteiger charge is -2.59. The quantitative estimate of drug-likeness (QED) is 0.414. The predicted molar refractivity (Wildman–Crippen MR) is 128 cm³/mol. The second-order valence-electron chi connectivity index (χ2n) is 12.8. The van der Waals surface area contributed by atoms with E-state index in [4.69, 9.17) is 0 Å². The zero-order chi connectivity index (χ0) is 22.6. The minimum absolute atomic E-state index is 0.0649. The Morgan fingerprint density at radius 1 is 1.06 bits per heavy atom. The number of hydrogen-bond acceptors (Lipinski definition) is 2. The third-order valence-electron chi connectivity index (χ3n) is 10.7. The third kappa shape index (κ3) is 3.89. The number of carbonyl (C=O) groups excluding carboxylic acids is 2. The summed E-state index contributed by atoms with van der Waals surface area (Å²) in [5, 5.41) is 0. The highest BCUT2D eigenvalue weighted by molar-refractivity contribution is 6.08. The number of carbonyl (C=O) groups is 2. The van der Waals surface area contributed by atoms with Crippen LogP contribution in [0.5, 0.6) is 0 Å². The molecule has 8 atom stereocenters. The van der Waals surface area contributed by atoms with E-state index in [-0.39, 0.29) is 17.0 Å². The second kappa shape index (κ2) is 8.45. The Hall–Kier alpha value is -0.920. The van der Waals surface area contributed by atoms with Crippen molar-refractivity contribution in [1.82, 2.24) is 0 Å². The number of ketones is 2. The number of allylic oxidation sites excluding steroid dienone is 1. The summed E-state index contributed by atoms with van der Waals surface area (Å²) in [7, 11) is 0. The molecule has 0 spiro atoms. The van der Waals surface area contributed by atoms with Crippen molar-refractivity contribution in [3.63, 3.8) is 0 Å². The summed E-state index contributed by atoms with van der Waals surface area (Å²) in [5.41, 5.74) is 1.94. The van der Waals surface area contributed by atoms with Gasteiger partial charge in [0.05, 0.1) is 5.92 Å². The first kappa shape index (κ1) is 23.2. The van der Waals surface area contributed by atoms with Gasteiger partial charge < -0.3 is 0 Å². The number of hydrogen-bond donors (Lipinski definition) is 0. The van der Waals surface area contributed by atoms with Crippen molar-refractivity contribution in [2.24, 2.45) is 52.3 Å². The van der Waals surface area contributed by atoms with Crippen LogP contribution >= 0.6 is 0 Å². The van der Waals surface area contributed by atoms with Crippen molar-refractivity contribution in [3.8, 4) is 0 Å². The molecule has 3 fully saturated rings. The Morgan fingerprint density at radius 2 is 1.81 bits per heavy atom. The molecule has 174 valence electrons. The highest BCUT2D eigenvalue weighted by Gasteiger charge is 2.60. The molecule has 0 aromatic carbocycles. The first-order chi connectivity index (χ1) is 14.6. The number of fused-ring (bicyclic) bond motifs is 5. The molecule has 2 nitrogen and oxygen atoms in total. The molecular formula is C29H46O2. The van der Waals surface area contributed by atoms with Gasteiger partial charge in [-0.05, 0) is 104 Å². The van der Waals surface area contributed by atoms with Crippen LogP contribution in [0.3, 0.4) is 0 Å². The van der Waals surface area contributed by atoms with Crippen LogP contribution in [0.25, 0.3) is 0 Å². The standard InChI is InChI=1S/C29H46O2/c1-18(2)8-7-9-19(3)24-12-13-25-22-11-10-21-16-27(31)23(20(4)30)17-29(21,6)26(22)14-15-28(24,25)5/h16,18-19,22-26H,7-15,17H2,1-6H3/t19-,22+,23?,24-,25+,26+,28-,29+/m1/s1. The summed E-state index contributed by atoms with van der Waals surface area (Å²) >= 11 is 0. The summed E-state index contributed by atoms with van der Waals surface area (Å²) in [6, 6.07) is 0. The monoisotopic (exact) mass is 426 g/mol. The molecule has 1 unspecified atom stereocenters. The molecule has 0 amide bonds. The van der Waals surface area contributed by atoms with E-state index < -0.39 is 5.92 Å². The maximum Gasteiger partial charge on any atom is 0.166 e. The average Bonchev–Trinajstić information content (AvgIpc) is 3.05. The number of rotatable bonds is 6. The van der Waals surface area contributed by atoms with Gasteiger partial charge in [-0.25, -0.2) is 0 Å². The van der Waals surface area contributed by atoms with E-state index in [2.05, 4.69) is 34.6 Å². The third-order valence-corrected chi connectivity index (χ3v) is 10.7. The van der Waals surface area contributed by atoms with Gasteiger partial charge in [0.15, 0.2) is 5.78 Å². The molecule has 0 aliphatic heterocycles. The SMILES string of the molecule is CC(=O)C1C[C@@]2(C)C(=CC1=O)CC[C@H]1[C@@H]3CC[C@H]([C@H](C)CCCC(C)C)[C@@]3(C)CC[C@@H]12. The van der Waals surface area contributed by atoms with Crippen LogP contribution in [-0.2, 0) is 9.59 Å². The van der Waals surface area contributed by atoms with Gasteiger partial charge in [-0.1, -0.05) is 59.5 Å². The molecule has 4 aliphatic rings. The smallest absolute Gasteiger partial charge is 0.166 e. The van der Waals surface area contributed by atoms with Crippen molar-refractivity contribution in [3.05, 3.63) is 11.6 Å². The maximum absolute atomic E-state index is 12.6. The highest BCUT2D eigenvalue weighted by Crippen LogP contribution is 2.68. The lowest BCUT2D eigenvalue weighted by Crippen LogP contribution is -2.52. The first-order valence-corrected chi connectivity index (χ1v) is 13.3. The molecule has 4 rings (SSSR count). The molecule has 4 aliphatic carbocycles. The van der Waals surface area contributed by atoms with Crippen LogP contribution in [0, 0.1) is 52.3 Å². The van der Waals surface area contributed by atoms with Gasteiger partial charge in [0.2, 0.25) is 0 Å². The van der Waals surface area contributed by atoms with Crippen molar-refractivity contribution in [1.29, 1.82) is 0 Å². The fraction of sp³-hybridized carbons (Fsp3) is 0.862. The predicted octanol–water partition coefficient (Wildman–Crippen LogP) is 7.41. The fourth-order valence-electron chi connectivity index (χ4n) is 9.01. The first-order valence-electron chi connectivity index (χ1n) is 13.3. The van der Waals surface area contributed by atoms with Crippen LogP contribution in [0.1, 0.15) is 106 Å². The van der Waals surface area contributed by atoms with Crippen molar-refractivity contribution in [2.75, 3.05) is 0 Å². The summed E-state index contributed by atoms with van der Waals surface area (Å²) < 4.78 is 0. The van der Waals surface area contributed by atoms with E-state index in [1.54, 1.807) is 6.92 Å². The van der Waals surface area contributed by atoms with Crippen LogP contribution < -0.4 is 0 Å². The van der Waals surface area contributed by atoms with Gasteiger partial charge in [-0.15, -0.1) is 0 Å². The molecule has 2 heteroatoms. The minimum Gasteiger partial charge on any atom is -0.299 e. The summed E-state index contributed by atoms with van der Waals surface area (Å²) in [5.74, 6) is 4.60. The van der Waals surface area contributed by atoms with Gasteiger partial charge in [0, 0.05) is 0 Å². The Morgan fingerprint density at radius 3 is 2.48 bits per heavy atom. The molecule has 0 heterocycles.